The maximum atomic E-state index is 11.7. The zero-order chi connectivity index (χ0) is 13.3. The van der Waals surface area contributed by atoms with Gasteiger partial charge >= 0.3 is 0 Å². The third-order valence-electron chi connectivity index (χ3n) is 3.08. The second-order valence-electron chi connectivity index (χ2n) is 4.26. The molecule has 0 aliphatic carbocycles. The van der Waals surface area contributed by atoms with Crippen molar-refractivity contribution in [2.45, 2.75) is 26.1 Å². The van der Waals surface area contributed by atoms with Crippen molar-refractivity contribution in [2.75, 3.05) is 5.75 Å². The highest BCUT2D eigenvalue weighted by Crippen LogP contribution is 2.24. The van der Waals surface area contributed by atoms with Gasteiger partial charge in [-0.15, -0.1) is 0 Å². The van der Waals surface area contributed by atoms with Crippen LogP contribution in [0.1, 0.15) is 19.5 Å². The molecular weight excluding hydrogens is 270 g/mol. The van der Waals surface area contributed by atoms with E-state index in [0.717, 1.165) is 23.1 Å². The van der Waals surface area contributed by atoms with Gasteiger partial charge < -0.3 is 4.57 Å². The van der Waals surface area contributed by atoms with Gasteiger partial charge in [0.15, 0.2) is 9.84 Å². The summed E-state index contributed by atoms with van der Waals surface area (Å²) >= 11 is 5.99. The Kier molecular flexibility index (Phi) is 3.69. The third kappa shape index (κ3) is 2.54. The maximum Gasteiger partial charge on any atom is 0.155 e. The van der Waals surface area contributed by atoms with E-state index < -0.39 is 9.84 Å². The Bertz CT molecular complexity index is 674. The lowest BCUT2D eigenvalue weighted by Gasteiger charge is -2.07. The van der Waals surface area contributed by atoms with Gasteiger partial charge in [0.05, 0.1) is 5.75 Å². The van der Waals surface area contributed by atoms with Crippen LogP contribution in [-0.2, 0) is 22.1 Å². The van der Waals surface area contributed by atoms with Gasteiger partial charge in [0.2, 0.25) is 0 Å². The standard InChI is InChI=1S/C13H16ClNO2S/c1-3-15-12(9-18(16,17)4-2)7-10-5-6-11(14)8-13(10)15/h5-8H,3-4,9H2,1-2H3. The normalized spacial score (nSPS) is 12.2. The van der Waals surface area contributed by atoms with Crippen LogP contribution in [-0.4, -0.2) is 18.7 Å². The third-order valence-corrected chi connectivity index (χ3v) is 4.93. The van der Waals surface area contributed by atoms with E-state index in [4.69, 9.17) is 11.6 Å². The van der Waals surface area contributed by atoms with Crippen LogP contribution in [0, 0.1) is 0 Å². The number of benzene rings is 1. The van der Waals surface area contributed by atoms with Crippen LogP contribution >= 0.6 is 11.6 Å². The number of aromatic nitrogens is 1. The van der Waals surface area contributed by atoms with Gasteiger partial charge in [-0.1, -0.05) is 24.6 Å². The first-order valence-electron chi connectivity index (χ1n) is 5.95. The highest BCUT2D eigenvalue weighted by atomic mass is 35.5. The molecule has 3 nitrogen and oxygen atoms in total. The van der Waals surface area contributed by atoms with E-state index in [1.807, 2.05) is 35.8 Å². The second kappa shape index (κ2) is 4.94. The smallest absolute Gasteiger partial charge is 0.155 e. The van der Waals surface area contributed by atoms with Gasteiger partial charge in [-0.2, -0.15) is 0 Å². The molecule has 98 valence electrons. The van der Waals surface area contributed by atoms with E-state index in [0.29, 0.717) is 5.02 Å². The first-order valence-corrected chi connectivity index (χ1v) is 8.15. The van der Waals surface area contributed by atoms with E-state index in [2.05, 4.69) is 0 Å². The summed E-state index contributed by atoms with van der Waals surface area (Å²) in [5.74, 6) is 0.253. The van der Waals surface area contributed by atoms with E-state index >= 15 is 0 Å². The lowest BCUT2D eigenvalue weighted by atomic mass is 10.2. The molecule has 0 radical (unpaired) electrons. The number of nitrogens with zero attached hydrogens (tertiary/aromatic N) is 1. The van der Waals surface area contributed by atoms with Crippen molar-refractivity contribution < 1.29 is 8.42 Å². The summed E-state index contributed by atoms with van der Waals surface area (Å²) in [6, 6.07) is 7.55. The van der Waals surface area contributed by atoms with Gasteiger partial charge in [-0.3, -0.25) is 0 Å². The summed E-state index contributed by atoms with van der Waals surface area (Å²) in [6.07, 6.45) is 0. The number of hydrogen-bond acceptors (Lipinski definition) is 2. The molecule has 1 heterocycles. The molecule has 0 saturated carbocycles. The molecule has 0 N–H and O–H groups in total. The number of aryl methyl sites for hydroxylation is 1. The Morgan fingerprint density at radius 3 is 2.56 bits per heavy atom. The van der Waals surface area contributed by atoms with Gasteiger partial charge in [-0.05, 0) is 30.5 Å². The lowest BCUT2D eigenvalue weighted by molar-refractivity contribution is 0.594. The fourth-order valence-corrected chi connectivity index (χ4v) is 3.17. The minimum atomic E-state index is -3.02. The Balaban J connectivity index is 2.58. The fourth-order valence-electron chi connectivity index (χ4n) is 2.11. The summed E-state index contributed by atoms with van der Waals surface area (Å²) in [5.41, 5.74) is 1.82. The summed E-state index contributed by atoms with van der Waals surface area (Å²) in [7, 11) is -3.02. The summed E-state index contributed by atoms with van der Waals surface area (Å²) in [5, 5.41) is 1.70. The Morgan fingerprint density at radius 1 is 1.22 bits per heavy atom. The second-order valence-corrected chi connectivity index (χ2v) is 7.05. The lowest BCUT2D eigenvalue weighted by Crippen LogP contribution is -2.10. The number of hydrogen-bond donors (Lipinski definition) is 0. The van der Waals surface area contributed by atoms with Crippen LogP contribution in [0.2, 0.25) is 5.02 Å². The van der Waals surface area contributed by atoms with Gasteiger partial charge in [0.25, 0.3) is 0 Å². The quantitative estimate of drug-likeness (QED) is 0.865. The topological polar surface area (TPSA) is 39.1 Å². The Hall–Kier alpha value is -1.00. The molecular formula is C13H16ClNO2S. The van der Waals surface area contributed by atoms with E-state index in [1.54, 1.807) is 6.92 Å². The van der Waals surface area contributed by atoms with Crippen LogP contribution < -0.4 is 0 Å². The molecule has 2 rings (SSSR count). The minimum Gasteiger partial charge on any atom is -0.344 e. The van der Waals surface area contributed by atoms with Crippen molar-refractivity contribution in [1.29, 1.82) is 0 Å². The van der Waals surface area contributed by atoms with Crippen molar-refractivity contribution >= 4 is 32.3 Å². The summed E-state index contributed by atoms with van der Waals surface area (Å²) < 4.78 is 25.5. The molecule has 0 fully saturated rings. The summed E-state index contributed by atoms with van der Waals surface area (Å²) in [4.78, 5) is 0. The molecule has 0 amide bonds. The highest BCUT2D eigenvalue weighted by molar-refractivity contribution is 7.90. The molecule has 0 aliphatic heterocycles. The average molecular weight is 286 g/mol. The molecule has 0 aliphatic rings. The molecule has 0 saturated heterocycles. The van der Waals surface area contributed by atoms with E-state index in [-0.39, 0.29) is 11.5 Å². The number of rotatable bonds is 4. The number of halogens is 1. The first kappa shape index (κ1) is 13.4. The monoisotopic (exact) mass is 285 g/mol. The maximum absolute atomic E-state index is 11.7. The zero-order valence-electron chi connectivity index (χ0n) is 10.5. The van der Waals surface area contributed by atoms with Gasteiger partial charge in [-0.25, -0.2) is 8.42 Å². The van der Waals surface area contributed by atoms with Crippen molar-refractivity contribution in [3.63, 3.8) is 0 Å². The van der Waals surface area contributed by atoms with E-state index in [9.17, 15) is 8.42 Å². The zero-order valence-corrected chi connectivity index (χ0v) is 12.1. The van der Waals surface area contributed by atoms with Crippen LogP contribution in [0.3, 0.4) is 0 Å². The Morgan fingerprint density at radius 2 is 1.94 bits per heavy atom. The number of sulfone groups is 1. The van der Waals surface area contributed by atoms with Crippen molar-refractivity contribution in [3.8, 4) is 0 Å². The van der Waals surface area contributed by atoms with Crippen LogP contribution in [0.5, 0.6) is 0 Å². The molecule has 1 aromatic carbocycles. The SMILES string of the molecule is CCn1c(CS(=O)(=O)CC)cc2ccc(Cl)cc21. The van der Waals surface area contributed by atoms with Crippen LogP contribution in [0.15, 0.2) is 24.3 Å². The molecule has 0 bridgehead atoms. The molecule has 18 heavy (non-hydrogen) atoms. The molecule has 0 spiro atoms. The molecule has 0 unspecified atom stereocenters. The largest absolute Gasteiger partial charge is 0.344 e. The van der Waals surface area contributed by atoms with Crippen molar-refractivity contribution in [1.82, 2.24) is 4.57 Å². The first-order chi connectivity index (χ1) is 8.46. The number of fused-ring (bicyclic) bond motifs is 1. The highest BCUT2D eigenvalue weighted by Gasteiger charge is 2.14. The van der Waals surface area contributed by atoms with Gasteiger partial charge in [0.1, 0.15) is 0 Å². The van der Waals surface area contributed by atoms with Crippen molar-refractivity contribution in [2.24, 2.45) is 0 Å². The summed E-state index contributed by atoms with van der Waals surface area (Å²) in [6.45, 7) is 4.41. The van der Waals surface area contributed by atoms with Crippen LogP contribution in [0.4, 0.5) is 0 Å². The average Bonchev–Trinajstić information content (AvgIpc) is 2.64. The molecule has 2 aromatic rings. The molecule has 5 heteroatoms. The predicted molar refractivity (Wildman–Crippen MR) is 75.8 cm³/mol. The molecule has 0 atom stereocenters. The van der Waals surface area contributed by atoms with Crippen molar-refractivity contribution in [3.05, 3.63) is 35.0 Å². The van der Waals surface area contributed by atoms with Gasteiger partial charge in [0, 0.05) is 28.5 Å². The predicted octanol–water partition coefficient (Wildman–Crippen LogP) is 3.25. The van der Waals surface area contributed by atoms with Crippen LogP contribution in [0.25, 0.3) is 10.9 Å². The Labute approximate surface area is 112 Å². The molecule has 1 aromatic heterocycles. The minimum absolute atomic E-state index is 0.0869. The van der Waals surface area contributed by atoms with E-state index in [1.165, 1.54) is 0 Å². The fraction of sp³-hybridized carbons (Fsp3) is 0.385.